The van der Waals surface area contributed by atoms with Gasteiger partial charge in [-0.2, -0.15) is 29.3 Å². The number of amides is 3. The van der Waals surface area contributed by atoms with Crippen LogP contribution in [0.15, 0.2) is 60.9 Å². The summed E-state index contributed by atoms with van der Waals surface area (Å²) in [6.45, 7) is 8.98. The molecule has 14 nitrogen and oxygen atoms in total. The smallest absolute Gasteiger partial charge is 0.407 e. The molecule has 2 aromatic carbocycles. The van der Waals surface area contributed by atoms with E-state index in [0.717, 1.165) is 58.1 Å². The molecule has 2 aliphatic heterocycles. The number of alkyl carbamates (subject to hydrolysis) is 1. The van der Waals surface area contributed by atoms with Crippen LogP contribution in [0.2, 0.25) is 0 Å². The number of thioether (sulfide) groups is 1. The Morgan fingerprint density at radius 1 is 0.862 bits per heavy atom. The molecule has 2 saturated heterocycles. The fourth-order valence-electron chi connectivity index (χ4n) is 7.81. The van der Waals surface area contributed by atoms with Crippen LogP contribution in [0, 0.1) is 29.1 Å². The minimum atomic E-state index is -0.709. The van der Waals surface area contributed by atoms with Crippen molar-refractivity contribution in [3.05, 3.63) is 72.6 Å². The van der Waals surface area contributed by atoms with E-state index < -0.39 is 18.1 Å². The van der Waals surface area contributed by atoms with Gasteiger partial charge < -0.3 is 34.7 Å². The van der Waals surface area contributed by atoms with Gasteiger partial charge in [0.15, 0.2) is 0 Å². The van der Waals surface area contributed by atoms with Gasteiger partial charge in [-0.1, -0.05) is 76.2 Å². The second-order valence-corrected chi connectivity index (χ2v) is 17.1. The van der Waals surface area contributed by atoms with Gasteiger partial charge in [0, 0.05) is 18.3 Å². The Hall–Kier alpha value is -4.80. The van der Waals surface area contributed by atoms with Crippen molar-refractivity contribution in [3.63, 3.8) is 0 Å². The van der Waals surface area contributed by atoms with Crippen LogP contribution in [0.1, 0.15) is 64.3 Å². The summed E-state index contributed by atoms with van der Waals surface area (Å²) in [6.07, 6.45) is 7.27. The zero-order valence-corrected chi connectivity index (χ0v) is 35.5. The van der Waals surface area contributed by atoms with Crippen LogP contribution in [-0.2, 0) is 24.1 Å². The highest BCUT2D eigenvalue weighted by Gasteiger charge is 2.42. The number of likely N-dealkylation sites (tertiary alicyclic amines) is 2. The van der Waals surface area contributed by atoms with E-state index in [1.54, 1.807) is 11.8 Å². The molecule has 2 aromatic heterocycles. The molecule has 2 fully saturated rings. The third-order valence-corrected chi connectivity index (χ3v) is 12.8. The topological polar surface area (TPSA) is 179 Å². The molecule has 0 aliphatic carbocycles. The molecule has 6 atom stereocenters. The molecule has 4 heterocycles. The number of rotatable bonds is 16. The molecule has 3 amide bonds. The number of aromatic amines is 2. The van der Waals surface area contributed by atoms with E-state index in [1.807, 2.05) is 56.1 Å². The zero-order chi connectivity index (χ0) is 41.5. The zero-order valence-electron chi connectivity index (χ0n) is 33.8. The molecular weight excluding hydrogens is 777 g/mol. The molecule has 310 valence electrons. The van der Waals surface area contributed by atoms with E-state index in [-0.39, 0.29) is 53.5 Å². The quantitative estimate of drug-likeness (QED) is 0.0196. The predicted octanol–water partition coefficient (Wildman–Crippen LogP) is 7.17. The highest BCUT2D eigenvalue weighted by atomic mass is 32.2. The number of ether oxygens (including phenoxy) is 1. The van der Waals surface area contributed by atoms with Crippen molar-refractivity contribution in [2.45, 2.75) is 63.9 Å². The van der Waals surface area contributed by atoms with Crippen molar-refractivity contribution in [2.75, 3.05) is 38.8 Å². The molecule has 0 radical (unpaired) electrons. The predicted molar refractivity (Wildman–Crippen MR) is 228 cm³/mol. The Labute approximate surface area is 349 Å². The number of nitrogens with zero attached hydrogens (tertiary/aromatic N) is 4. The average molecular weight is 831 g/mol. The number of imidazole rings is 2. The third-order valence-electron chi connectivity index (χ3n) is 11.2. The van der Waals surface area contributed by atoms with Crippen LogP contribution in [0.25, 0.3) is 33.6 Å². The number of H-pyrrole nitrogens is 2. The normalized spacial score (nSPS) is 20.4. The highest BCUT2D eigenvalue weighted by Crippen LogP contribution is 2.39. The monoisotopic (exact) mass is 830 g/mol. The van der Waals surface area contributed by atoms with Gasteiger partial charge in [0.2, 0.25) is 18.2 Å². The van der Waals surface area contributed by atoms with E-state index in [4.69, 9.17) is 25.0 Å². The summed E-state index contributed by atoms with van der Waals surface area (Å²) in [7, 11) is 1.29. The van der Waals surface area contributed by atoms with Crippen LogP contribution in [-0.4, -0.2) is 104 Å². The fraction of sp³-hybridized carbons (Fsp3) is 0.476. The molecule has 58 heavy (non-hydrogen) atoms. The van der Waals surface area contributed by atoms with E-state index in [1.165, 1.54) is 7.11 Å². The minimum absolute atomic E-state index is 0.0142. The number of hydrogen-bond donors (Lipinski definition) is 5. The standard InChI is InChI=1S/C42H54N8O6S2/c1-24(2)32(21-55-56-23-43)40(51)49-19-26(22-57)15-35(49)38-44-17-33(46-38)29-11-7-27(8-12-29)28-9-13-30(14-10-28)34-18-45-39(47-34)36-16-31(58-6)20-50(36)41(52)37(25(3)4)48-42(53)54-5/h7-14,17-18,23-26,31-32,35-37,43,57H,15-16,19-22H2,1-6H3,(H,44,46)(H,45,47)(H,48,53)/t26-,31-,32+,35+,36+,37+/m1/s1. The Bertz CT molecular complexity index is 2020. The Morgan fingerprint density at radius 3 is 1.88 bits per heavy atom. The van der Waals surface area contributed by atoms with Crippen LogP contribution in [0.3, 0.4) is 0 Å². The lowest BCUT2D eigenvalue weighted by molar-refractivity contribution is -0.229. The first-order chi connectivity index (χ1) is 28.0. The Kier molecular flexibility index (Phi) is 14.2. The lowest BCUT2D eigenvalue weighted by Crippen LogP contribution is -2.51. The second-order valence-electron chi connectivity index (χ2n) is 15.6. The maximum Gasteiger partial charge on any atom is 0.407 e. The first kappa shape index (κ1) is 42.8. The Balaban J connectivity index is 1.13. The third kappa shape index (κ3) is 9.56. The summed E-state index contributed by atoms with van der Waals surface area (Å²) in [5.74, 6) is 1.65. The number of nitrogens with one attached hydrogen (secondary N) is 4. The molecule has 2 aliphatic rings. The summed E-state index contributed by atoms with van der Waals surface area (Å²) >= 11 is 6.28. The number of carbonyl (C=O) groups excluding carboxylic acids is 3. The van der Waals surface area contributed by atoms with E-state index in [0.29, 0.717) is 25.2 Å². The molecule has 0 spiro atoms. The van der Waals surface area contributed by atoms with Crippen LogP contribution < -0.4 is 5.32 Å². The van der Waals surface area contributed by atoms with Gasteiger partial charge in [0.05, 0.1) is 48.9 Å². The van der Waals surface area contributed by atoms with Crippen molar-refractivity contribution in [3.8, 4) is 33.6 Å². The first-order valence-electron chi connectivity index (χ1n) is 19.6. The van der Waals surface area contributed by atoms with Gasteiger partial charge >= 0.3 is 6.09 Å². The van der Waals surface area contributed by atoms with Crippen molar-refractivity contribution < 1.29 is 28.9 Å². The maximum atomic E-state index is 13.8. The lowest BCUT2D eigenvalue weighted by Gasteiger charge is -2.30. The molecule has 16 heteroatoms. The largest absolute Gasteiger partial charge is 0.453 e. The van der Waals surface area contributed by atoms with Gasteiger partial charge in [-0.3, -0.25) is 15.0 Å². The van der Waals surface area contributed by atoms with Gasteiger partial charge in [-0.25, -0.2) is 14.8 Å². The molecule has 0 bridgehead atoms. The minimum Gasteiger partial charge on any atom is -0.453 e. The molecule has 4 aromatic rings. The summed E-state index contributed by atoms with van der Waals surface area (Å²) < 4.78 is 4.79. The van der Waals surface area contributed by atoms with Gasteiger partial charge in [0.25, 0.3) is 0 Å². The van der Waals surface area contributed by atoms with Crippen molar-refractivity contribution in [1.29, 1.82) is 5.41 Å². The molecule has 0 unspecified atom stereocenters. The SMILES string of the molecule is COC(=O)N[C@H](C(=O)N1C[C@H](SC)C[C@H]1c1ncc(-c2ccc(-c3ccc(-c4cnc([C@@H]5C[C@@H](CS)CN5C(=O)[C@@H](COOC=N)C(C)C)[nH]4)cc3)cc2)[nH]1)C(C)C. The van der Waals surface area contributed by atoms with E-state index in [9.17, 15) is 14.4 Å². The average Bonchev–Trinajstić information content (AvgIpc) is 4.07. The summed E-state index contributed by atoms with van der Waals surface area (Å²) in [6, 6.07) is 15.4. The summed E-state index contributed by atoms with van der Waals surface area (Å²) in [5.41, 5.74) is 5.78. The number of hydrogen-bond acceptors (Lipinski definition) is 11. The number of methoxy groups -OCH3 is 1. The van der Waals surface area contributed by atoms with Gasteiger partial charge in [0.1, 0.15) is 24.3 Å². The van der Waals surface area contributed by atoms with Gasteiger partial charge in [-0.05, 0) is 64.9 Å². The first-order valence-corrected chi connectivity index (χ1v) is 21.6. The molecule has 6 rings (SSSR count). The van der Waals surface area contributed by atoms with Gasteiger partial charge in [-0.15, -0.1) is 0 Å². The van der Waals surface area contributed by atoms with E-state index in [2.05, 4.69) is 81.3 Å². The van der Waals surface area contributed by atoms with E-state index >= 15 is 0 Å². The molecule has 0 saturated carbocycles. The van der Waals surface area contributed by atoms with Crippen molar-refractivity contribution in [2.24, 2.45) is 23.7 Å². The number of thiol groups is 1. The number of carbonyl (C=O) groups is 3. The molecule has 4 N–H and O–H groups in total. The number of aromatic nitrogens is 4. The summed E-state index contributed by atoms with van der Waals surface area (Å²) in [5, 5.41) is 10.0. The van der Waals surface area contributed by atoms with Crippen molar-refractivity contribution in [1.82, 2.24) is 35.1 Å². The van der Waals surface area contributed by atoms with Crippen LogP contribution >= 0.6 is 24.4 Å². The summed E-state index contributed by atoms with van der Waals surface area (Å²) in [4.78, 5) is 69.6. The Morgan fingerprint density at radius 2 is 1.40 bits per heavy atom. The fourth-order valence-corrected chi connectivity index (χ4v) is 8.75. The van der Waals surface area contributed by atoms with Crippen molar-refractivity contribution >= 4 is 48.7 Å². The van der Waals surface area contributed by atoms with Crippen LogP contribution in [0.4, 0.5) is 4.79 Å². The molecular formula is C42H54N8O6S2. The van der Waals surface area contributed by atoms with Crippen LogP contribution in [0.5, 0.6) is 0 Å². The second kappa shape index (κ2) is 19.3. The lowest BCUT2D eigenvalue weighted by atomic mass is 9.95. The maximum absolute atomic E-state index is 13.8. The number of benzene rings is 2. The highest BCUT2D eigenvalue weighted by molar-refractivity contribution is 7.99.